The van der Waals surface area contributed by atoms with Crippen LogP contribution in [0.3, 0.4) is 0 Å². The highest BCUT2D eigenvalue weighted by Gasteiger charge is 2.28. The molecule has 4 nitrogen and oxygen atoms in total. The molecule has 0 rings (SSSR count). The second kappa shape index (κ2) is 9.50. The van der Waals surface area contributed by atoms with E-state index in [1.807, 2.05) is 0 Å². The average molecular weight is 328 g/mol. The molecule has 0 atom stereocenters. The summed E-state index contributed by atoms with van der Waals surface area (Å²) in [4.78, 5) is 22.8. The van der Waals surface area contributed by atoms with Crippen molar-refractivity contribution in [1.29, 1.82) is 0 Å². The molecular formula is C20H28N2O2. The molecule has 130 valence electrons. The molecule has 2 amide bonds. The van der Waals surface area contributed by atoms with E-state index in [1.165, 1.54) is 0 Å². The van der Waals surface area contributed by atoms with Crippen LogP contribution in [0.25, 0.3) is 0 Å². The number of hydrogen-bond acceptors (Lipinski definition) is 2. The van der Waals surface area contributed by atoms with E-state index in [0.717, 1.165) is 31.3 Å². The van der Waals surface area contributed by atoms with Gasteiger partial charge in [-0.1, -0.05) is 59.2 Å². The fraction of sp³-hybridized carbons (Fsp3) is 0.300. The van der Waals surface area contributed by atoms with Gasteiger partial charge in [0.25, 0.3) is 0 Å². The molecule has 0 bridgehead atoms. The molecule has 24 heavy (non-hydrogen) atoms. The maximum Gasteiger partial charge on any atom is 0.234 e. The Morgan fingerprint density at radius 1 is 0.792 bits per heavy atom. The average Bonchev–Trinajstić information content (AvgIpc) is 2.51. The van der Waals surface area contributed by atoms with E-state index < -0.39 is 17.7 Å². The Bertz CT molecular complexity index is 610. The van der Waals surface area contributed by atoms with Crippen LogP contribution in [0.4, 0.5) is 0 Å². The van der Waals surface area contributed by atoms with Crippen molar-refractivity contribution in [3.8, 4) is 0 Å². The summed E-state index contributed by atoms with van der Waals surface area (Å²) >= 11 is 0. The van der Waals surface area contributed by atoms with Crippen LogP contribution in [-0.2, 0) is 9.59 Å². The van der Waals surface area contributed by atoms with E-state index in [9.17, 15) is 9.59 Å². The first kappa shape index (κ1) is 21.4. The Labute approximate surface area is 145 Å². The highest BCUT2D eigenvalue weighted by Crippen LogP contribution is 2.32. The van der Waals surface area contributed by atoms with Crippen molar-refractivity contribution in [3.63, 3.8) is 0 Å². The fourth-order valence-electron chi connectivity index (χ4n) is 2.17. The van der Waals surface area contributed by atoms with E-state index in [4.69, 9.17) is 11.5 Å². The lowest BCUT2D eigenvalue weighted by Gasteiger charge is -2.20. The van der Waals surface area contributed by atoms with Crippen LogP contribution in [0, 0.1) is 5.92 Å². The lowest BCUT2D eigenvalue weighted by atomic mass is 9.84. The second-order valence-electron chi connectivity index (χ2n) is 5.74. The zero-order chi connectivity index (χ0) is 19.0. The van der Waals surface area contributed by atoms with Crippen molar-refractivity contribution in [1.82, 2.24) is 0 Å². The highest BCUT2D eigenvalue weighted by molar-refractivity contribution is 6.03. The quantitative estimate of drug-likeness (QED) is 0.326. The Morgan fingerprint density at radius 2 is 1.25 bits per heavy atom. The van der Waals surface area contributed by atoms with E-state index in [2.05, 4.69) is 46.4 Å². The van der Waals surface area contributed by atoms with Gasteiger partial charge >= 0.3 is 0 Å². The fourth-order valence-corrected chi connectivity index (χ4v) is 2.17. The zero-order valence-corrected chi connectivity index (χ0v) is 14.6. The van der Waals surface area contributed by atoms with Crippen molar-refractivity contribution in [2.75, 3.05) is 0 Å². The van der Waals surface area contributed by atoms with Crippen LogP contribution in [0.1, 0.15) is 32.6 Å². The van der Waals surface area contributed by atoms with Gasteiger partial charge in [-0.05, 0) is 46.3 Å². The van der Waals surface area contributed by atoms with Gasteiger partial charge in [-0.2, -0.15) is 0 Å². The van der Waals surface area contributed by atoms with E-state index >= 15 is 0 Å². The largest absolute Gasteiger partial charge is 0.369 e. The molecule has 4 N–H and O–H groups in total. The molecule has 0 aromatic rings. The minimum Gasteiger partial charge on any atom is -0.369 e. The minimum absolute atomic E-state index is 0.116. The molecule has 0 spiro atoms. The lowest BCUT2D eigenvalue weighted by molar-refractivity contribution is -0.129. The number of carbonyl (C=O) groups excluding carboxylic acids is 2. The second-order valence-corrected chi connectivity index (χ2v) is 5.74. The number of carbonyl (C=O) groups is 2. The number of allylic oxidation sites excluding steroid dienone is 5. The van der Waals surface area contributed by atoms with Gasteiger partial charge in [0.05, 0.1) is 0 Å². The Hall–Kier alpha value is -2.62. The van der Waals surface area contributed by atoms with Crippen molar-refractivity contribution < 1.29 is 9.59 Å². The van der Waals surface area contributed by atoms with Gasteiger partial charge in [0.2, 0.25) is 11.8 Å². The molecule has 0 fully saturated rings. The van der Waals surface area contributed by atoms with E-state index in [0.29, 0.717) is 22.3 Å². The van der Waals surface area contributed by atoms with Crippen LogP contribution < -0.4 is 11.5 Å². The summed E-state index contributed by atoms with van der Waals surface area (Å²) in [5, 5.41) is 0. The highest BCUT2D eigenvalue weighted by atomic mass is 16.2. The molecule has 4 heteroatoms. The monoisotopic (exact) mass is 328 g/mol. The Morgan fingerprint density at radius 3 is 1.67 bits per heavy atom. The first-order valence-corrected chi connectivity index (χ1v) is 7.78. The predicted molar refractivity (Wildman–Crippen MR) is 101 cm³/mol. The molecule has 0 unspecified atom stereocenters. The van der Waals surface area contributed by atoms with Crippen LogP contribution in [0.15, 0.2) is 72.9 Å². The number of unbranched alkanes of at least 4 members (excludes halogenated alkanes) is 2. The van der Waals surface area contributed by atoms with Gasteiger partial charge in [-0.25, -0.2) is 0 Å². The maximum absolute atomic E-state index is 11.4. The van der Waals surface area contributed by atoms with Gasteiger partial charge in [0.15, 0.2) is 0 Å². The van der Waals surface area contributed by atoms with Crippen molar-refractivity contribution >= 4 is 11.8 Å². The van der Waals surface area contributed by atoms with Gasteiger partial charge < -0.3 is 11.5 Å². The summed E-state index contributed by atoms with van der Waals surface area (Å²) in [5.74, 6) is -3.09. The van der Waals surface area contributed by atoms with E-state index in [1.54, 1.807) is 0 Å². The molecule has 0 aliphatic heterocycles. The number of hydrogen-bond donors (Lipinski definition) is 2. The van der Waals surface area contributed by atoms with Crippen LogP contribution >= 0.6 is 0 Å². The van der Waals surface area contributed by atoms with Gasteiger partial charge in [0, 0.05) is 0 Å². The standard InChI is InChI=1S/C20H28N2O2/c1-8-9-10-11-12(2)13(3)14(4)15(5)16(6)17(7)18(19(21)23)20(22)24/h18H,2-11H2,1H3,(H2,21,23)(H2,22,24). The third kappa shape index (κ3) is 5.54. The van der Waals surface area contributed by atoms with Gasteiger partial charge in [-0.15, -0.1) is 0 Å². The van der Waals surface area contributed by atoms with Gasteiger partial charge in [-0.3, -0.25) is 9.59 Å². The third-order valence-corrected chi connectivity index (χ3v) is 3.91. The summed E-state index contributed by atoms with van der Waals surface area (Å²) in [6.07, 6.45) is 4.07. The Balaban J connectivity index is 5.10. The normalized spacial score (nSPS) is 10.1. The molecule has 0 aliphatic carbocycles. The van der Waals surface area contributed by atoms with E-state index in [-0.39, 0.29) is 5.57 Å². The number of nitrogens with two attached hydrogens (primary N) is 2. The number of primary amides is 2. The molecule has 0 aromatic carbocycles. The Kier molecular flexibility index (Phi) is 8.47. The van der Waals surface area contributed by atoms with Gasteiger partial charge in [0.1, 0.15) is 5.92 Å². The molecule has 0 aliphatic rings. The molecule has 0 saturated heterocycles. The predicted octanol–water partition coefficient (Wildman–Crippen LogP) is 3.49. The summed E-state index contributed by atoms with van der Waals surface area (Å²) in [6, 6.07) is 0. The molecule has 0 heterocycles. The van der Waals surface area contributed by atoms with Crippen molar-refractivity contribution in [2.45, 2.75) is 32.6 Å². The SMILES string of the molecule is C=C(CCCCC)C(=C)C(=C)C(=C)C(=C)C(=C)C(C(N)=O)C(N)=O. The third-order valence-electron chi connectivity index (χ3n) is 3.91. The summed E-state index contributed by atoms with van der Waals surface area (Å²) in [6.45, 7) is 25.6. The smallest absolute Gasteiger partial charge is 0.234 e. The maximum atomic E-state index is 11.4. The van der Waals surface area contributed by atoms with Crippen molar-refractivity contribution in [2.24, 2.45) is 17.4 Å². The first-order valence-electron chi connectivity index (χ1n) is 7.78. The first-order chi connectivity index (χ1) is 11.1. The summed E-state index contributed by atoms with van der Waals surface area (Å²) in [7, 11) is 0. The van der Waals surface area contributed by atoms with Crippen LogP contribution in [0.5, 0.6) is 0 Å². The molecule has 0 aromatic heterocycles. The van der Waals surface area contributed by atoms with Crippen LogP contribution in [-0.4, -0.2) is 11.8 Å². The van der Waals surface area contributed by atoms with Crippen molar-refractivity contribution in [3.05, 3.63) is 72.9 Å². The molecular weight excluding hydrogens is 300 g/mol. The minimum atomic E-state index is -1.33. The number of rotatable bonds is 12. The number of amides is 2. The van der Waals surface area contributed by atoms with Crippen LogP contribution in [0.2, 0.25) is 0 Å². The molecule has 0 saturated carbocycles. The lowest BCUT2D eigenvalue weighted by Crippen LogP contribution is -2.36. The zero-order valence-electron chi connectivity index (χ0n) is 14.6. The topological polar surface area (TPSA) is 86.2 Å². The molecule has 0 radical (unpaired) electrons. The summed E-state index contributed by atoms with van der Waals surface area (Å²) < 4.78 is 0. The summed E-state index contributed by atoms with van der Waals surface area (Å²) in [5.41, 5.74) is 13.3.